The number of aromatic amines is 1. The van der Waals surface area contributed by atoms with Gasteiger partial charge in [-0.25, -0.2) is 23.7 Å². The molecule has 2 unspecified atom stereocenters. The highest BCUT2D eigenvalue weighted by Crippen LogP contribution is 2.24. The van der Waals surface area contributed by atoms with Crippen molar-refractivity contribution in [1.82, 2.24) is 14.9 Å². The van der Waals surface area contributed by atoms with E-state index in [2.05, 4.69) is 20.3 Å². The number of carbonyl (C=O) groups is 1. The Labute approximate surface area is 195 Å². The summed E-state index contributed by atoms with van der Waals surface area (Å²) in [6.45, 7) is 3.55. The van der Waals surface area contributed by atoms with Crippen molar-refractivity contribution in [2.75, 3.05) is 32.1 Å². The first-order valence-electron chi connectivity index (χ1n) is 10.5. The molecular weight excluding hydrogens is 448 g/mol. The smallest absolute Gasteiger partial charge is 0.242 e. The Hall–Kier alpha value is -3.54. The van der Waals surface area contributed by atoms with Crippen molar-refractivity contribution in [1.29, 1.82) is 0 Å². The number of hydrogen-bond donors (Lipinski definition) is 2. The van der Waals surface area contributed by atoms with Gasteiger partial charge in [0.25, 0.3) is 0 Å². The third-order valence-corrected chi connectivity index (χ3v) is 5.13. The Kier molecular flexibility index (Phi) is 8.91. The van der Waals surface area contributed by atoms with E-state index < -0.39 is 17.7 Å². The van der Waals surface area contributed by atoms with Crippen molar-refractivity contribution in [3.63, 3.8) is 0 Å². The largest absolute Gasteiger partial charge is 0.434 e. The van der Waals surface area contributed by atoms with Crippen LogP contribution in [-0.2, 0) is 9.53 Å². The number of nitrogens with one attached hydrogen (secondary N) is 2. The molecule has 1 aliphatic rings. The standard InChI is InChI=1S/C22H21F2N5O3.CH4O/c1-14(29-8-9-31-19(13-29)15-4-6-25-7-5-15)22(30)28-20-11-27-21(12-26-20)32-18-3-2-16(23)10-17(18)24;1-2/h2-7,10-12,14,19H,8-9,13H2,1H3,(H,26,28,30);2H,1H3/p+1. The van der Waals surface area contributed by atoms with Gasteiger partial charge in [-0.2, -0.15) is 0 Å². The number of aliphatic hydroxyl groups is 1. The number of ether oxygens (including phenoxy) is 2. The van der Waals surface area contributed by atoms with E-state index in [0.29, 0.717) is 25.8 Å². The van der Waals surface area contributed by atoms with Gasteiger partial charge >= 0.3 is 0 Å². The van der Waals surface area contributed by atoms with Crippen LogP contribution in [0.2, 0.25) is 0 Å². The molecule has 0 spiro atoms. The van der Waals surface area contributed by atoms with Crippen molar-refractivity contribution in [2.45, 2.75) is 19.1 Å². The first-order valence-corrected chi connectivity index (χ1v) is 10.5. The van der Waals surface area contributed by atoms with Crippen LogP contribution in [0.1, 0.15) is 18.6 Å². The van der Waals surface area contributed by atoms with Gasteiger partial charge in [0.15, 0.2) is 29.8 Å². The zero-order valence-electron chi connectivity index (χ0n) is 18.7. The topological polar surface area (TPSA) is 111 Å². The molecule has 0 saturated carbocycles. The second kappa shape index (κ2) is 12.1. The van der Waals surface area contributed by atoms with Crippen LogP contribution in [0.25, 0.3) is 0 Å². The highest BCUT2D eigenvalue weighted by atomic mass is 19.1. The third-order valence-electron chi connectivity index (χ3n) is 5.13. The number of aromatic nitrogens is 3. The van der Waals surface area contributed by atoms with E-state index in [1.165, 1.54) is 12.4 Å². The molecule has 11 heteroatoms. The number of amides is 1. The lowest BCUT2D eigenvalue weighted by atomic mass is 10.1. The molecule has 180 valence electrons. The molecule has 0 bridgehead atoms. The van der Waals surface area contributed by atoms with Gasteiger partial charge in [0.2, 0.25) is 11.8 Å². The molecule has 0 radical (unpaired) electrons. The summed E-state index contributed by atoms with van der Waals surface area (Å²) in [5.41, 5.74) is 1.04. The van der Waals surface area contributed by atoms with Gasteiger partial charge < -0.3 is 19.9 Å². The summed E-state index contributed by atoms with van der Waals surface area (Å²) in [5, 5.41) is 9.72. The normalized spacial score (nSPS) is 16.7. The van der Waals surface area contributed by atoms with Gasteiger partial charge in [0, 0.05) is 38.4 Å². The maximum Gasteiger partial charge on any atom is 0.242 e. The highest BCUT2D eigenvalue weighted by molar-refractivity contribution is 5.93. The molecule has 2 aromatic heterocycles. The Bertz CT molecular complexity index is 1070. The van der Waals surface area contributed by atoms with E-state index in [0.717, 1.165) is 24.8 Å². The van der Waals surface area contributed by atoms with E-state index in [-0.39, 0.29) is 29.5 Å². The number of hydrogen-bond acceptors (Lipinski definition) is 7. The van der Waals surface area contributed by atoms with E-state index in [1.807, 2.05) is 36.4 Å². The molecule has 3 N–H and O–H groups in total. The number of anilines is 1. The van der Waals surface area contributed by atoms with Crippen LogP contribution in [-0.4, -0.2) is 58.7 Å². The number of halogens is 2. The first-order chi connectivity index (χ1) is 16.5. The Morgan fingerprint density at radius 1 is 1.24 bits per heavy atom. The quantitative estimate of drug-likeness (QED) is 0.564. The molecule has 1 aromatic carbocycles. The SMILES string of the molecule is CC(C(=O)Nc1cnc(Oc2ccc(F)cc2F)cn1)N1CCOC(c2cc[nH+]cc2)C1.CO. The molecule has 1 amide bonds. The van der Waals surface area contributed by atoms with E-state index >= 15 is 0 Å². The number of aliphatic hydroxyl groups excluding tert-OH is 1. The van der Waals surface area contributed by atoms with Crippen LogP contribution in [0, 0.1) is 11.6 Å². The fourth-order valence-electron chi connectivity index (χ4n) is 3.34. The lowest BCUT2D eigenvalue weighted by Gasteiger charge is -2.36. The van der Waals surface area contributed by atoms with Crippen LogP contribution in [0.3, 0.4) is 0 Å². The Morgan fingerprint density at radius 3 is 2.68 bits per heavy atom. The van der Waals surface area contributed by atoms with E-state index in [1.54, 1.807) is 0 Å². The van der Waals surface area contributed by atoms with Crippen molar-refractivity contribution in [2.24, 2.45) is 0 Å². The minimum absolute atomic E-state index is 0.0117. The summed E-state index contributed by atoms with van der Waals surface area (Å²) < 4.78 is 37.8. The molecule has 3 aromatic rings. The van der Waals surface area contributed by atoms with Crippen molar-refractivity contribution >= 4 is 11.7 Å². The molecule has 0 aliphatic carbocycles. The van der Waals surface area contributed by atoms with E-state index in [4.69, 9.17) is 14.6 Å². The predicted octanol–water partition coefficient (Wildman–Crippen LogP) is 2.37. The fourth-order valence-corrected chi connectivity index (χ4v) is 3.34. The summed E-state index contributed by atoms with van der Waals surface area (Å²) in [4.78, 5) is 25.9. The van der Waals surface area contributed by atoms with Crippen LogP contribution in [0.5, 0.6) is 11.6 Å². The molecular formula is C23H26F2N5O4+. The molecule has 9 nitrogen and oxygen atoms in total. The van der Waals surface area contributed by atoms with E-state index in [9.17, 15) is 13.6 Å². The van der Waals surface area contributed by atoms with Gasteiger partial charge in [0.1, 0.15) is 5.82 Å². The van der Waals surface area contributed by atoms with Crippen molar-refractivity contribution in [3.8, 4) is 11.6 Å². The Balaban J connectivity index is 0.00000158. The van der Waals surface area contributed by atoms with Crippen molar-refractivity contribution in [3.05, 3.63) is 72.3 Å². The molecule has 3 heterocycles. The lowest BCUT2D eigenvalue weighted by Crippen LogP contribution is -2.48. The number of rotatable bonds is 6. The zero-order valence-corrected chi connectivity index (χ0v) is 18.7. The average Bonchev–Trinajstić information content (AvgIpc) is 2.88. The second-order valence-electron chi connectivity index (χ2n) is 7.27. The maximum absolute atomic E-state index is 13.7. The molecule has 1 fully saturated rings. The molecule has 1 aliphatic heterocycles. The van der Waals surface area contributed by atoms with Gasteiger partial charge in [-0.05, 0) is 24.6 Å². The minimum Gasteiger partial charge on any atom is -0.434 e. The third kappa shape index (κ3) is 6.50. The minimum atomic E-state index is -0.851. The number of H-pyrrole nitrogens is 1. The average molecular weight is 474 g/mol. The molecule has 1 saturated heterocycles. The monoisotopic (exact) mass is 474 g/mol. The molecule has 2 atom stereocenters. The fraction of sp³-hybridized carbons (Fsp3) is 0.304. The summed E-state index contributed by atoms with van der Waals surface area (Å²) >= 11 is 0. The summed E-state index contributed by atoms with van der Waals surface area (Å²) in [6.07, 6.45) is 6.12. The second-order valence-corrected chi connectivity index (χ2v) is 7.27. The predicted molar refractivity (Wildman–Crippen MR) is 118 cm³/mol. The zero-order chi connectivity index (χ0) is 24.5. The summed E-state index contributed by atoms with van der Waals surface area (Å²) in [5.74, 6) is -1.73. The van der Waals surface area contributed by atoms with Crippen LogP contribution in [0.4, 0.5) is 14.6 Å². The Morgan fingerprint density at radius 2 is 2.00 bits per heavy atom. The van der Waals surface area contributed by atoms with Crippen LogP contribution >= 0.6 is 0 Å². The van der Waals surface area contributed by atoms with Gasteiger partial charge in [0.05, 0.1) is 31.1 Å². The van der Waals surface area contributed by atoms with Gasteiger partial charge in [-0.3, -0.25) is 9.69 Å². The summed E-state index contributed by atoms with van der Waals surface area (Å²) in [7, 11) is 1.00. The number of carbonyl (C=O) groups excluding carboxylic acids is 1. The van der Waals surface area contributed by atoms with Gasteiger partial charge in [-0.15, -0.1) is 0 Å². The lowest BCUT2D eigenvalue weighted by molar-refractivity contribution is -0.378. The maximum atomic E-state index is 13.7. The highest BCUT2D eigenvalue weighted by Gasteiger charge is 2.29. The molecule has 4 rings (SSSR count). The number of morpholine rings is 1. The van der Waals surface area contributed by atoms with Crippen LogP contribution < -0.4 is 15.0 Å². The number of pyridine rings is 1. The molecule has 34 heavy (non-hydrogen) atoms. The summed E-state index contributed by atoms with van der Waals surface area (Å²) in [6, 6.07) is 6.45. The number of benzene rings is 1. The first kappa shape index (κ1) is 25.1. The van der Waals surface area contributed by atoms with Crippen molar-refractivity contribution < 1.29 is 33.1 Å². The van der Waals surface area contributed by atoms with Gasteiger partial charge in [-0.1, -0.05) is 0 Å². The number of nitrogens with zero attached hydrogens (tertiary/aromatic N) is 3. The van der Waals surface area contributed by atoms with Crippen LogP contribution in [0.15, 0.2) is 55.1 Å².